The minimum atomic E-state index is -4.80. The lowest BCUT2D eigenvalue weighted by atomic mass is 9.85. The topological polar surface area (TPSA) is 101 Å². The monoisotopic (exact) mass is 520 g/mol. The van der Waals surface area contributed by atoms with E-state index in [1.165, 1.54) is 16.9 Å². The summed E-state index contributed by atoms with van der Waals surface area (Å²) in [7, 11) is -4.66. The maximum absolute atomic E-state index is 14.2. The zero-order valence-electron chi connectivity index (χ0n) is 17.6. The summed E-state index contributed by atoms with van der Waals surface area (Å²) in [6, 6.07) is 7.72. The molecule has 0 fully saturated rings. The van der Waals surface area contributed by atoms with Gasteiger partial charge >= 0.3 is 6.18 Å². The van der Waals surface area contributed by atoms with Gasteiger partial charge in [0.1, 0.15) is 23.2 Å². The number of anilines is 1. The van der Waals surface area contributed by atoms with E-state index in [1.807, 2.05) is 0 Å². The summed E-state index contributed by atoms with van der Waals surface area (Å²) in [4.78, 5) is 11.8. The van der Waals surface area contributed by atoms with Gasteiger partial charge in [-0.2, -0.15) is 13.2 Å². The first kappa shape index (κ1) is 25.6. The van der Waals surface area contributed by atoms with Crippen molar-refractivity contribution < 1.29 is 35.2 Å². The first-order chi connectivity index (χ1) is 15.7. The van der Waals surface area contributed by atoms with Crippen LogP contribution in [0.2, 0.25) is 0 Å². The van der Waals surface area contributed by atoms with E-state index in [1.54, 1.807) is 26.0 Å². The number of aromatic nitrogens is 2. The van der Waals surface area contributed by atoms with Crippen molar-refractivity contribution in [3.05, 3.63) is 70.2 Å². The Bertz CT molecular complexity index is 1310. The van der Waals surface area contributed by atoms with Gasteiger partial charge in [0.05, 0.1) is 10.5 Å². The number of nitrogens with zero attached hydrogens (tertiary/aromatic N) is 2. The quantitative estimate of drug-likeness (QED) is 0.454. The van der Waals surface area contributed by atoms with Crippen LogP contribution in [-0.2, 0) is 15.4 Å². The molecule has 3 aromatic rings. The minimum Gasteiger partial charge on any atom is -0.296 e. The molecule has 1 amide bonds. The smallest absolute Gasteiger partial charge is 0.296 e. The number of rotatable bonds is 7. The molecule has 14 heteroatoms. The number of amides is 1. The van der Waals surface area contributed by atoms with Gasteiger partial charge < -0.3 is 0 Å². The Balaban J connectivity index is 1.81. The van der Waals surface area contributed by atoms with Crippen LogP contribution >= 0.6 is 11.3 Å². The molecule has 0 radical (unpaired) electrons. The summed E-state index contributed by atoms with van der Waals surface area (Å²) in [6.07, 6.45) is -4.80. The van der Waals surface area contributed by atoms with Crippen molar-refractivity contribution >= 4 is 32.4 Å². The van der Waals surface area contributed by atoms with Gasteiger partial charge in [-0.25, -0.2) is 21.9 Å². The van der Waals surface area contributed by atoms with Crippen molar-refractivity contribution in [2.75, 3.05) is 11.9 Å². The predicted molar refractivity (Wildman–Crippen MR) is 114 cm³/mol. The number of hydrogen-bond donors (Lipinski definition) is 2. The van der Waals surface area contributed by atoms with E-state index in [0.717, 1.165) is 23.0 Å². The Hall–Kier alpha value is -2.97. The molecule has 0 saturated heterocycles. The number of hydrogen-bond acceptors (Lipinski definition) is 6. The number of sulfonamides is 1. The molecule has 3 rings (SSSR count). The molecule has 0 aliphatic heterocycles. The Morgan fingerprint density at radius 1 is 1.03 bits per heavy atom. The van der Waals surface area contributed by atoms with E-state index in [-0.39, 0.29) is 5.13 Å². The number of carbonyl (C=O) groups excluding carboxylic acids is 1. The van der Waals surface area contributed by atoms with Gasteiger partial charge in [-0.1, -0.05) is 23.5 Å². The van der Waals surface area contributed by atoms with E-state index >= 15 is 0 Å². The maximum atomic E-state index is 14.2. The molecule has 0 bridgehead atoms. The van der Waals surface area contributed by atoms with Crippen LogP contribution in [-0.4, -0.2) is 37.2 Å². The molecule has 0 spiro atoms. The fraction of sp³-hybridized carbons (Fsp3) is 0.250. The van der Waals surface area contributed by atoms with E-state index in [2.05, 4.69) is 15.5 Å². The second-order valence-corrected chi connectivity index (χ2v) is 10.3. The molecule has 1 aromatic heterocycles. The van der Waals surface area contributed by atoms with E-state index in [4.69, 9.17) is 0 Å². The molecule has 0 saturated carbocycles. The Labute approximate surface area is 195 Å². The van der Waals surface area contributed by atoms with Crippen LogP contribution in [0.3, 0.4) is 0 Å². The third kappa shape index (κ3) is 5.93. The van der Waals surface area contributed by atoms with Crippen molar-refractivity contribution in [3.63, 3.8) is 0 Å². The summed E-state index contributed by atoms with van der Waals surface area (Å²) < 4.78 is 90.0. The van der Waals surface area contributed by atoms with Crippen molar-refractivity contribution in [3.8, 4) is 0 Å². The average Bonchev–Trinajstić information content (AvgIpc) is 3.22. The third-order valence-corrected chi connectivity index (χ3v) is 7.26. The predicted octanol–water partition coefficient (Wildman–Crippen LogP) is 4.24. The molecular formula is C20H17F5N4O3S2. The summed E-state index contributed by atoms with van der Waals surface area (Å²) in [5, 5.41) is 10.6. The van der Waals surface area contributed by atoms with Crippen LogP contribution in [0.5, 0.6) is 0 Å². The number of benzene rings is 2. The van der Waals surface area contributed by atoms with Crippen molar-refractivity contribution in [1.29, 1.82) is 0 Å². The molecule has 34 heavy (non-hydrogen) atoms. The summed E-state index contributed by atoms with van der Waals surface area (Å²) in [5.74, 6) is -2.58. The highest BCUT2D eigenvalue weighted by Crippen LogP contribution is 2.35. The SMILES string of the molecule is CC(C)(c1ccc(F)cc1)c1nnc(NC(=O)c2cc(S(=O)(=O)NCC(F)(F)F)ccc2F)s1. The van der Waals surface area contributed by atoms with Gasteiger partial charge in [0, 0.05) is 5.41 Å². The maximum Gasteiger partial charge on any atom is 0.402 e. The van der Waals surface area contributed by atoms with E-state index in [9.17, 15) is 35.2 Å². The lowest BCUT2D eigenvalue weighted by molar-refractivity contribution is -0.121. The number of alkyl halides is 3. The Morgan fingerprint density at radius 2 is 1.68 bits per heavy atom. The summed E-state index contributed by atoms with van der Waals surface area (Å²) in [5.41, 5.74) is -0.708. The molecule has 182 valence electrons. The molecule has 0 unspecified atom stereocenters. The van der Waals surface area contributed by atoms with Crippen LogP contribution in [0, 0.1) is 11.6 Å². The molecule has 1 heterocycles. The van der Waals surface area contributed by atoms with Crippen molar-refractivity contribution in [1.82, 2.24) is 14.9 Å². The average molecular weight is 521 g/mol. The minimum absolute atomic E-state index is 0.0296. The van der Waals surface area contributed by atoms with Crippen LogP contribution < -0.4 is 10.0 Å². The first-order valence-electron chi connectivity index (χ1n) is 9.46. The zero-order chi connectivity index (χ0) is 25.3. The number of halogens is 5. The van der Waals surface area contributed by atoms with Crippen molar-refractivity contribution in [2.45, 2.75) is 30.3 Å². The van der Waals surface area contributed by atoms with Gasteiger partial charge in [-0.3, -0.25) is 10.1 Å². The standard InChI is InChI=1S/C20H17F5N4O3S2/c1-19(2,11-3-5-12(21)6-4-11)17-28-29-18(33-17)27-16(30)14-9-13(7-8-15(14)22)34(31,32)26-10-20(23,24)25/h3-9,26H,10H2,1-2H3,(H,27,29,30). The largest absolute Gasteiger partial charge is 0.402 e. The first-order valence-corrected chi connectivity index (χ1v) is 11.8. The van der Waals surface area contributed by atoms with Crippen LogP contribution in [0.4, 0.5) is 27.1 Å². The van der Waals surface area contributed by atoms with Gasteiger partial charge in [-0.05, 0) is 49.7 Å². The second-order valence-electron chi connectivity index (χ2n) is 7.58. The summed E-state index contributed by atoms with van der Waals surface area (Å²) in [6.45, 7) is 1.77. The highest BCUT2D eigenvalue weighted by atomic mass is 32.2. The Kier molecular flexibility index (Phi) is 7.05. The lowest BCUT2D eigenvalue weighted by Gasteiger charge is -2.21. The molecule has 0 atom stereocenters. The Morgan fingerprint density at radius 3 is 2.29 bits per heavy atom. The van der Waals surface area contributed by atoms with Crippen LogP contribution in [0.15, 0.2) is 47.4 Å². The molecular weight excluding hydrogens is 503 g/mol. The van der Waals surface area contributed by atoms with E-state index < -0.39 is 56.2 Å². The number of nitrogens with one attached hydrogen (secondary N) is 2. The fourth-order valence-corrected chi connectivity index (χ4v) is 4.69. The lowest BCUT2D eigenvalue weighted by Crippen LogP contribution is -2.33. The van der Waals surface area contributed by atoms with Gasteiger partial charge in [-0.15, -0.1) is 10.2 Å². The number of carbonyl (C=O) groups is 1. The molecule has 2 N–H and O–H groups in total. The van der Waals surface area contributed by atoms with Gasteiger partial charge in [0.15, 0.2) is 0 Å². The molecule has 0 aliphatic carbocycles. The highest BCUT2D eigenvalue weighted by molar-refractivity contribution is 7.89. The van der Waals surface area contributed by atoms with Crippen LogP contribution in [0.25, 0.3) is 0 Å². The highest BCUT2D eigenvalue weighted by Gasteiger charge is 2.31. The van der Waals surface area contributed by atoms with E-state index in [0.29, 0.717) is 17.1 Å². The molecule has 2 aromatic carbocycles. The van der Waals surface area contributed by atoms with Gasteiger partial charge in [0.25, 0.3) is 5.91 Å². The normalized spacial score (nSPS) is 12.6. The fourth-order valence-electron chi connectivity index (χ4n) is 2.79. The second kappa shape index (κ2) is 9.35. The third-order valence-electron chi connectivity index (χ3n) is 4.70. The molecule has 7 nitrogen and oxygen atoms in total. The summed E-state index contributed by atoms with van der Waals surface area (Å²) >= 11 is 0.962. The zero-order valence-corrected chi connectivity index (χ0v) is 19.2. The molecule has 0 aliphatic rings. The van der Waals surface area contributed by atoms with Crippen LogP contribution in [0.1, 0.15) is 34.8 Å². The van der Waals surface area contributed by atoms with Crippen molar-refractivity contribution in [2.24, 2.45) is 0 Å². The van der Waals surface area contributed by atoms with Gasteiger partial charge in [0.2, 0.25) is 15.2 Å².